The molecule has 2 heterocycles. The van der Waals surface area contributed by atoms with Gasteiger partial charge >= 0.3 is 0 Å². The molecule has 0 aliphatic rings. The molecule has 3 aromatic rings. The molecule has 0 saturated carbocycles. The molecule has 116 valence electrons. The van der Waals surface area contributed by atoms with Gasteiger partial charge in [-0.05, 0) is 30.3 Å². The van der Waals surface area contributed by atoms with Gasteiger partial charge in [0.1, 0.15) is 23.6 Å². The Morgan fingerprint density at radius 3 is 2.87 bits per heavy atom. The Labute approximate surface area is 132 Å². The highest BCUT2D eigenvalue weighted by molar-refractivity contribution is 5.87. The lowest BCUT2D eigenvalue weighted by atomic mass is 10.2. The normalized spacial score (nSPS) is 10.5. The van der Waals surface area contributed by atoms with Crippen LogP contribution in [0.4, 0.5) is 0 Å². The molecular weight excluding hydrogens is 294 g/mol. The summed E-state index contributed by atoms with van der Waals surface area (Å²) in [6, 6.07) is 10.5. The summed E-state index contributed by atoms with van der Waals surface area (Å²) in [6.07, 6.45) is 3.17. The molecule has 0 aliphatic carbocycles. The number of aromatic nitrogens is 3. The zero-order valence-corrected chi connectivity index (χ0v) is 12.5. The lowest BCUT2D eigenvalue weighted by molar-refractivity contribution is 0.373. The lowest BCUT2D eigenvalue weighted by Gasteiger charge is -2.11. The second-order valence-electron chi connectivity index (χ2n) is 4.75. The third-order valence-corrected chi connectivity index (χ3v) is 3.28. The zero-order chi connectivity index (χ0) is 16.2. The minimum atomic E-state index is -0.00129. The molecule has 0 unspecified atom stereocenters. The maximum Gasteiger partial charge on any atom is 0.162 e. The SMILES string of the molecule is COc1ccc2c(OCC(=N)n3ncccc3=N)ccnc2c1. The zero-order valence-electron chi connectivity index (χ0n) is 12.5. The number of nitrogens with zero attached hydrogens (tertiary/aromatic N) is 3. The number of methoxy groups -OCH3 is 1. The first-order valence-electron chi connectivity index (χ1n) is 6.91. The van der Waals surface area contributed by atoms with E-state index in [4.69, 9.17) is 20.3 Å². The summed E-state index contributed by atoms with van der Waals surface area (Å²) in [5, 5.41) is 20.6. The molecular formula is C16H15N5O2. The van der Waals surface area contributed by atoms with Crippen molar-refractivity contribution in [2.24, 2.45) is 0 Å². The Hall–Kier alpha value is -3.22. The van der Waals surface area contributed by atoms with E-state index in [0.717, 1.165) is 16.7 Å². The van der Waals surface area contributed by atoms with Gasteiger partial charge in [0.15, 0.2) is 5.84 Å². The van der Waals surface area contributed by atoms with Gasteiger partial charge < -0.3 is 9.47 Å². The van der Waals surface area contributed by atoms with E-state index in [9.17, 15) is 0 Å². The van der Waals surface area contributed by atoms with Gasteiger partial charge in [0, 0.05) is 23.8 Å². The van der Waals surface area contributed by atoms with E-state index in [0.29, 0.717) is 5.75 Å². The van der Waals surface area contributed by atoms with Crippen molar-refractivity contribution in [3.63, 3.8) is 0 Å². The first-order chi connectivity index (χ1) is 11.2. The number of rotatable bonds is 4. The smallest absolute Gasteiger partial charge is 0.162 e. The largest absolute Gasteiger partial charge is 0.497 e. The van der Waals surface area contributed by atoms with Crippen molar-refractivity contribution < 1.29 is 9.47 Å². The summed E-state index contributed by atoms with van der Waals surface area (Å²) in [6.45, 7) is -0.00129. The summed E-state index contributed by atoms with van der Waals surface area (Å²) < 4.78 is 12.1. The van der Waals surface area contributed by atoms with Crippen molar-refractivity contribution in [1.29, 1.82) is 10.8 Å². The number of nitrogens with one attached hydrogen (secondary N) is 2. The fourth-order valence-corrected chi connectivity index (χ4v) is 2.15. The van der Waals surface area contributed by atoms with Crippen LogP contribution in [0, 0.1) is 10.8 Å². The molecule has 0 spiro atoms. The number of hydrogen-bond acceptors (Lipinski definition) is 6. The first kappa shape index (κ1) is 14.7. The number of fused-ring (bicyclic) bond motifs is 1. The van der Waals surface area contributed by atoms with E-state index in [1.807, 2.05) is 18.2 Å². The van der Waals surface area contributed by atoms with Gasteiger partial charge in [-0.3, -0.25) is 15.8 Å². The van der Waals surface area contributed by atoms with Crippen LogP contribution in [-0.4, -0.2) is 34.3 Å². The van der Waals surface area contributed by atoms with Crippen LogP contribution >= 0.6 is 0 Å². The maximum atomic E-state index is 8.01. The molecule has 3 rings (SSSR count). The van der Waals surface area contributed by atoms with Gasteiger partial charge in [-0.1, -0.05) is 0 Å². The van der Waals surface area contributed by atoms with Gasteiger partial charge in [0.2, 0.25) is 0 Å². The minimum Gasteiger partial charge on any atom is -0.497 e. The number of hydrogen-bond donors (Lipinski definition) is 2. The fourth-order valence-electron chi connectivity index (χ4n) is 2.15. The van der Waals surface area contributed by atoms with Crippen molar-refractivity contribution in [2.45, 2.75) is 0 Å². The molecule has 0 atom stereocenters. The van der Waals surface area contributed by atoms with Crippen LogP contribution in [-0.2, 0) is 0 Å². The van der Waals surface area contributed by atoms with Crippen LogP contribution in [0.15, 0.2) is 48.8 Å². The van der Waals surface area contributed by atoms with Crippen LogP contribution in [0.1, 0.15) is 0 Å². The Morgan fingerprint density at radius 1 is 1.22 bits per heavy atom. The Balaban J connectivity index is 1.83. The van der Waals surface area contributed by atoms with Crippen molar-refractivity contribution >= 4 is 16.7 Å². The maximum absolute atomic E-state index is 8.01. The molecule has 1 aromatic carbocycles. The van der Waals surface area contributed by atoms with E-state index < -0.39 is 0 Å². The Morgan fingerprint density at radius 2 is 2.09 bits per heavy atom. The van der Waals surface area contributed by atoms with Crippen LogP contribution < -0.4 is 15.0 Å². The summed E-state index contributed by atoms with van der Waals surface area (Å²) >= 11 is 0. The van der Waals surface area contributed by atoms with Gasteiger partial charge in [0.05, 0.1) is 12.6 Å². The molecule has 0 saturated heterocycles. The summed E-state index contributed by atoms with van der Waals surface area (Å²) in [5.41, 5.74) is 0.880. The minimum absolute atomic E-state index is 0.00129. The van der Waals surface area contributed by atoms with E-state index >= 15 is 0 Å². The average Bonchev–Trinajstić information content (AvgIpc) is 2.59. The fraction of sp³-hybridized carbons (Fsp3) is 0.125. The van der Waals surface area contributed by atoms with Crippen LogP contribution in [0.2, 0.25) is 0 Å². The third-order valence-electron chi connectivity index (χ3n) is 3.28. The molecule has 0 aliphatic heterocycles. The second-order valence-corrected chi connectivity index (χ2v) is 4.75. The van der Waals surface area contributed by atoms with Crippen LogP contribution in [0.3, 0.4) is 0 Å². The standard InChI is InChI=1S/C16H15N5O2/c1-22-11-4-5-12-13(9-11)19-8-6-14(12)23-10-16(18)21-15(17)3-2-7-20-21/h2-9,17-18H,10H2,1H3. The molecule has 7 heteroatoms. The van der Waals surface area contributed by atoms with Crippen molar-refractivity contribution in [3.8, 4) is 11.5 Å². The molecule has 0 amide bonds. The summed E-state index contributed by atoms with van der Waals surface area (Å²) in [4.78, 5) is 4.29. The molecule has 23 heavy (non-hydrogen) atoms. The Kier molecular flexibility index (Phi) is 4.01. The van der Waals surface area contributed by atoms with E-state index in [2.05, 4.69) is 10.1 Å². The molecule has 2 N–H and O–H groups in total. The van der Waals surface area contributed by atoms with Crippen molar-refractivity contribution in [2.75, 3.05) is 13.7 Å². The topological polar surface area (TPSA) is 96.9 Å². The monoisotopic (exact) mass is 309 g/mol. The summed E-state index contributed by atoms with van der Waals surface area (Å²) in [5.74, 6) is 1.41. The highest BCUT2D eigenvalue weighted by Crippen LogP contribution is 2.26. The second kappa shape index (κ2) is 6.27. The van der Waals surface area contributed by atoms with Gasteiger partial charge in [0.25, 0.3) is 0 Å². The predicted octanol–water partition coefficient (Wildman–Crippen LogP) is 1.82. The quantitative estimate of drug-likeness (QED) is 0.567. The number of benzene rings is 1. The molecule has 0 bridgehead atoms. The molecule has 0 fully saturated rings. The molecule has 2 aromatic heterocycles. The van der Waals surface area contributed by atoms with Crippen molar-refractivity contribution in [1.82, 2.24) is 14.8 Å². The first-order valence-corrected chi connectivity index (χ1v) is 6.91. The molecule has 0 radical (unpaired) electrons. The van der Waals surface area contributed by atoms with Crippen LogP contribution in [0.25, 0.3) is 10.9 Å². The third kappa shape index (κ3) is 3.03. The highest BCUT2D eigenvalue weighted by Gasteiger charge is 2.07. The van der Waals surface area contributed by atoms with Gasteiger partial charge in [-0.2, -0.15) is 9.78 Å². The number of ether oxygens (including phenoxy) is 2. The number of pyridine rings is 1. The van der Waals surface area contributed by atoms with Gasteiger partial charge in [-0.25, -0.2) is 0 Å². The van der Waals surface area contributed by atoms with Crippen molar-refractivity contribution in [3.05, 3.63) is 54.3 Å². The van der Waals surface area contributed by atoms with E-state index in [-0.39, 0.29) is 17.9 Å². The predicted molar refractivity (Wildman–Crippen MR) is 85.0 cm³/mol. The summed E-state index contributed by atoms with van der Waals surface area (Å²) in [7, 11) is 1.60. The molecule has 7 nitrogen and oxygen atoms in total. The average molecular weight is 309 g/mol. The van der Waals surface area contributed by atoms with Gasteiger partial charge in [-0.15, -0.1) is 0 Å². The lowest BCUT2D eigenvalue weighted by Crippen LogP contribution is -2.32. The van der Waals surface area contributed by atoms with E-state index in [1.165, 1.54) is 10.9 Å². The highest BCUT2D eigenvalue weighted by atomic mass is 16.5. The van der Waals surface area contributed by atoms with E-state index in [1.54, 1.807) is 31.5 Å². The van der Waals surface area contributed by atoms with Crippen LogP contribution in [0.5, 0.6) is 11.5 Å². The Bertz CT molecular complexity index is 919.